The van der Waals surface area contributed by atoms with Crippen molar-refractivity contribution in [1.29, 1.82) is 0 Å². The van der Waals surface area contributed by atoms with Crippen molar-refractivity contribution < 1.29 is 4.79 Å². The van der Waals surface area contributed by atoms with Crippen LogP contribution in [0.1, 0.15) is 10.4 Å². The molecule has 0 N–H and O–H groups in total. The molecule has 0 radical (unpaired) electrons. The van der Waals surface area contributed by atoms with Crippen molar-refractivity contribution >= 4 is 66.6 Å². The van der Waals surface area contributed by atoms with Crippen LogP contribution >= 0.6 is 50.5 Å². The van der Waals surface area contributed by atoms with Crippen LogP contribution in [0.4, 0.5) is 0 Å². The summed E-state index contributed by atoms with van der Waals surface area (Å²) in [6, 6.07) is 10.7. The van der Waals surface area contributed by atoms with Crippen LogP contribution in [0, 0.1) is 0 Å². The Morgan fingerprint density at radius 3 is 2.79 bits per heavy atom. The number of nitrogens with zero attached hydrogens (tertiary/aromatic N) is 2. The number of amides is 1. The molecule has 3 nitrogen and oxygen atoms in total. The first-order valence-corrected chi connectivity index (χ1v) is 9.30. The van der Waals surface area contributed by atoms with E-state index in [9.17, 15) is 4.79 Å². The normalized spacial score (nSPS) is 11.9. The minimum Gasteiger partial charge on any atom is -0.311 e. The fraction of sp³-hybridized carbons (Fsp3) is 0.0588. The van der Waals surface area contributed by atoms with Crippen LogP contribution in [0.15, 0.2) is 58.5 Å². The van der Waals surface area contributed by atoms with Gasteiger partial charge in [-0.15, -0.1) is 6.58 Å². The highest BCUT2D eigenvalue weighted by atomic mass is 79.9. The van der Waals surface area contributed by atoms with Crippen molar-refractivity contribution in [2.24, 2.45) is 4.99 Å². The zero-order valence-corrected chi connectivity index (χ0v) is 16.2. The number of rotatable bonds is 3. The molecular formula is C17H11BrCl2N2OS. The first-order chi connectivity index (χ1) is 11.5. The van der Waals surface area contributed by atoms with E-state index in [4.69, 9.17) is 23.2 Å². The predicted molar refractivity (Wildman–Crippen MR) is 104 cm³/mol. The summed E-state index contributed by atoms with van der Waals surface area (Å²) < 4.78 is 3.43. The van der Waals surface area contributed by atoms with Crippen LogP contribution in [-0.4, -0.2) is 10.5 Å². The molecule has 0 bridgehead atoms. The summed E-state index contributed by atoms with van der Waals surface area (Å²) in [7, 11) is 0. The molecule has 2 aromatic carbocycles. The summed E-state index contributed by atoms with van der Waals surface area (Å²) in [5.74, 6) is -0.325. The third-order valence-electron chi connectivity index (χ3n) is 3.31. The SMILES string of the molecule is C=CCn1c(=NC(=O)c2ccccc2Br)sc2cc(Cl)cc(Cl)c21. The van der Waals surface area contributed by atoms with Crippen molar-refractivity contribution in [1.82, 2.24) is 4.57 Å². The molecule has 7 heteroatoms. The standard InChI is InChI=1S/C17H11BrCl2N2OS/c1-2-7-22-15-13(20)8-10(19)9-14(15)24-17(22)21-16(23)11-5-3-4-6-12(11)18/h2-6,8-9H,1,7H2. The topological polar surface area (TPSA) is 34.4 Å². The van der Waals surface area contributed by atoms with E-state index < -0.39 is 0 Å². The summed E-state index contributed by atoms with van der Waals surface area (Å²) in [6.45, 7) is 4.25. The van der Waals surface area contributed by atoms with E-state index in [0.717, 1.165) is 10.2 Å². The van der Waals surface area contributed by atoms with Crippen molar-refractivity contribution in [3.05, 3.63) is 73.9 Å². The van der Waals surface area contributed by atoms with Crippen LogP contribution in [0.5, 0.6) is 0 Å². The number of benzene rings is 2. The van der Waals surface area contributed by atoms with Crippen molar-refractivity contribution in [2.45, 2.75) is 6.54 Å². The smallest absolute Gasteiger partial charge is 0.280 e. The van der Waals surface area contributed by atoms with Gasteiger partial charge in [0.05, 0.1) is 20.8 Å². The molecular weight excluding hydrogens is 431 g/mol. The number of thiazole rings is 1. The van der Waals surface area contributed by atoms with Gasteiger partial charge in [0.1, 0.15) is 0 Å². The fourth-order valence-corrected chi connectivity index (χ4v) is 4.57. The number of hydrogen-bond donors (Lipinski definition) is 0. The molecule has 0 atom stereocenters. The quantitative estimate of drug-likeness (QED) is 0.480. The molecule has 1 heterocycles. The molecule has 0 fully saturated rings. The van der Waals surface area contributed by atoms with E-state index in [2.05, 4.69) is 27.5 Å². The average molecular weight is 442 g/mol. The lowest BCUT2D eigenvalue weighted by Crippen LogP contribution is -2.16. The van der Waals surface area contributed by atoms with Gasteiger partial charge in [-0.1, -0.05) is 52.7 Å². The van der Waals surface area contributed by atoms with Crippen molar-refractivity contribution in [3.8, 4) is 0 Å². The summed E-state index contributed by atoms with van der Waals surface area (Å²) >= 11 is 17.1. The third-order valence-corrected chi connectivity index (χ3v) is 5.53. The Labute approximate surface area is 161 Å². The van der Waals surface area contributed by atoms with Gasteiger partial charge in [-0.3, -0.25) is 4.79 Å². The highest BCUT2D eigenvalue weighted by molar-refractivity contribution is 9.10. The van der Waals surface area contributed by atoms with Gasteiger partial charge in [0, 0.05) is 16.0 Å². The molecule has 0 saturated heterocycles. The first kappa shape index (κ1) is 17.4. The van der Waals surface area contributed by atoms with E-state index in [-0.39, 0.29) is 5.91 Å². The molecule has 122 valence electrons. The molecule has 1 amide bonds. The number of carbonyl (C=O) groups excluding carboxylic acids is 1. The minimum atomic E-state index is -0.325. The molecule has 0 saturated carbocycles. The van der Waals surface area contributed by atoms with Crippen LogP contribution in [-0.2, 0) is 6.54 Å². The van der Waals surface area contributed by atoms with Crippen molar-refractivity contribution in [2.75, 3.05) is 0 Å². The Morgan fingerprint density at radius 2 is 2.08 bits per heavy atom. The number of halogens is 3. The predicted octanol–water partition coefficient (Wildman–Crippen LogP) is 5.70. The minimum absolute atomic E-state index is 0.325. The van der Waals surface area contributed by atoms with Gasteiger partial charge in [-0.05, 0) is 40.2 Å². The number of hydrogen-bond acceptors (Lipinski definition) is 2. The maximum Gasteiger partial charge on any atom is 0.280 e. The molecule has 0 aliphatic rings. The third kappa shape index (κ3) is 3.35. The number of fused-ring (bicyclic) bond motifs is 1. The number of carbonyl (C=O) groups is 1. The number of aromatic nitrogens is 1. The lowest BCUT2D eigenvalue weighted by molar-refractivity contribution is 0.0997. The highest BCUT2D eigenvalue weighted by Gasteiger charge is 2.13. The maximum atomic E-state index is 12.5. The van der Waals surface area contributed by atoms with Crippen LogP contribution in [0.25, 0.3) is 10.2 Å². The first-order valence-electron chi connectivity index (χ1n) is 6.94. The summed E-state index contributed by atoms with van der Waals surface area (Å²) in [5.41, 5.74) is 1.30. The molecule has 24 heavy (non-hydrogen) atoms. The lowest BCUT2D eigenvalue weighted by Gasteiger charge is -2.03. The molecule has 0 spiro atoms. The van der Waals surface area contributed by atoms with E-state index in [1.54, 1.807) is 24.3 Å². The monoisotopic (exact) mass is 440 g/mol. The van der Waals surface area contributed by atoms with Gasteiger partial charge >= 0.3 is 0 Å². The van der Waals surface area contributed by atoms with Gasteiger partial charge < -0.3 is 4.57 Å². The molecule has 0 aliphatic carbocycles. The largest absolute Gasteiger partial charge is 0.311 e. The van der Waals surface area contributed by atoms with Gasteiger partial charge in [0.15, 0.2) is 4.80 Å². The molecule has 3 aromatic rings. The van der Waals surface area contributed by atoms with Crippen molar-refractivity contribution in [3.63, 3.8) is 0 Å². The Hall–Kier alpha value is -1.40. The number of allylic oxidation sites excluding steroid dienone is 1. The second-order valence-corrected chi connectivity index (χ2v) is 7.62. The zero-order chi connectivity index (χ0) is 17.3. The van der Waals surface area contributed by atoms with Crippen LogP contribution in [0.3, 0.4) is 0 Å². The lowest BCUT2D eigenvalue weighted by atomic mass is 10.2. The van der Waals surface area contributed by atoms with Gasteiger partial charge in [-0.2, -0.15) is 4.99 Å². The highest BCUT2D eigenvalue weighted by Crippen LogP contribution is 2.29. The Kier molecular flexibility index (Phi) is 5.25. The van der Waals surface area contributed by atoms with E-state index >= 15 is 0 Å². The summed E-state index contributed by atoms with van der Waals surface area (Å²) in [6.07, 6.45) is 1.74. The summed E-state index contributed by atoms with van der Waals surface area (Å²) in [5, 5.41) is 1.06. The maximum absolute atomic E-state index is 12.5. The molecule has 0 aliphatic heterocycles. The fourth-order valence-electron chi connectivity index (χ4n) is 2.29. The second-order valence-electron chi connectivity index (χ2n) is 4.92. The van der Waals surface area contributed by atoms with E-state index in [0.29, 0.717) is 31.4 Å². The van der Waals surface area contributed by atoms with Crippen LogP contribution < -0.4 is 4.80 Å². The van der Waals surface area contributed by atoms with Gasteiger partial charge in [-0.25, -0.2) is 0 Å². The summed E-state index contributed by atoms with van der Waals surface area (Å²) in [4.78, 5) is 17.4. The molecule has 1 aromatic heterocycles. The van der Waals surface area contributed by atoms with E-state index in [1.807, 2.05) is 22.8 Å². The second kappa shape index (κ2) is 7.23. The van der Waals surface area contributed by atoms with Crippen LogP contribution in [0.2, 0.25) is 10.0 Å². The zero-order valence-electron chi connectivity index (χ0n) is 12.3. The Bertz CT molecular complexity index is 1020. The van der Waals surface area contributed by atoms with E-state index in [1.165, 1.54) is 11.3 Å². The Morgan fingerprint density at radius 1 is 1.33 bits per heavy atom. The molecule has 0 unspecified atom stereocenters. The Balaban J connectivity index is 2.23. The van der Waals surface area contributed by atoms with Gasteiger partial charge in [0.25, 0.3) is 5.91 Å². The van der Waals surface area contributed by atoms with Gasteiger partial charge in [0.2, 0.25) is 0 Å². The molecule has 3 rings (SSSR count). The average Bonchev–Trinajstić information content (AvgIpc) is 2.85.